The summed E-state index contributed by atoms with van der Waals surface area (Å²) in [5.74, 6) is -0.159. The van der Waals surface area contributed by atoms with E-state index in [2.05, 4.69) is 15.6 Å². The molecule has 0 aliphatic heterocycles. The number of amides is 3. The van der Waals surface area contributed by atoms with E-state index in [9.17, 15) is 9.59 Å². The van der Waals surface area contributed by atoms with Gasteiger partial charge in [-0.1, -0.05) is 38.5 Å². The van der Waals surface area contributed by atoms with Crippen LogP contribution in [0.2, 0.25) is 0 Å². The molecule has 0 aromatic carbocycles. The largest absolute Gasteiger partial charge is 0.335 e. The van der Waals surface area contributed by atoms with Crippen molar-refractivity contribution in [2.45, 2.75) is 90.1 Å². The maximum Gasteiger partial charge on any atom is 0.318 e. The monoisotopic (exact) mass is 392 g/mol. The highest BCUT2D eigenvalue weighted by Gasteiger charge is 2.29. The molecule has 6 nitrogen and oxygen atoms in total. The number of nitrogens with zero attached hydrogens (tertiary/aromatic N) is 2. The highest BCUT2D eigenvalue weighted by molar-refractivity contribution is 7.15. The van der Waals surface area contributed by atoms with E-state index in [4.69, 9.17) is 0 Å². The third-order valence-corrected chi connectivity index (χ3v) is 6.79. The lowest BCUT2D eigenvalue weighted by molar-refractivity contribution is -0.117. The molecule has 150 valence electrons. The van der Waals surface area contributed by atoms with E-state index in [1.807, 2.05) is 13.8 Å². The van der Waals surface area contributed by atoms with Crippen LogP contribution in [0.1, 0.15) is 74.8 Å². The van der Waals surface area contributed by atoms with Crippen LogP contribution in [0.4, 0.5) is 9.93 Å². The van der Waals surface area contributed by atoms with Gasteiger partial charge in [0.2, 0.25) is 5.91 Å². The molecule has 1 aromatic rings. The van der Waals surface area contributed by atoms with E-state index in [1.165, 1.54) is 37.0 Å². The normalized spacial score (nSPS) is 18.9. The smallest absolute Gasteiger partial charge is 0.318 e. The number of anilines is 1. The van der Waals surface area contributed by atoms with Gasteiger partial charge in [-0.2, -0.15) is 0 Å². The molecule has 0 atom stereocenters. The predicted molar refractivity (Wildman–Crippen MR) is 109 cm³/mol. The van der Waals surface area contributed by atoms with Crippen LogP contribution in [0.25, 0.3) is 0 Å². The van der Waals surface area contributed by atoms with Crippen molar-refractivity contribution in [2.24, 2.45) is 0 Å². The van der Waals surface area contributed by atoms with E-state index >= 15 is 0 Å². The van der Waals surface area contributed by atoms with Crippen LogP contribution in [0, 0.1) is 13.8 Å². The number of aromatic nitrogens is 1. The van der Waals surface area contributed by atoms with Crippen molar-refractivity contribution >= 4 is 28.4 Å². The zero-order valence-electron chi connectivity index (χ0n) is 16.6. The van der Waals surface area contributed by atoms with Crippen LogP contribution in [-0.4, -0.2) is 40.5 Å². The van der Waals surface area contributed by atoms with Gasteiger partial charge in [0.05, 0.1) is 5.69 Å². The number of hydrogen-bond donors (Lipinski definition) is 2. The summed E-state index contributed by atoms with van der Waals surface area (Å²) in [6.45, 7) is 4.03. The molecule has 2 fully saturated rings. The van der Waals surface area contributed by atoms with E-state index in [0.29, 0.717) is 5.13 Å². The fourth-order valence-corrected chi connectivity index (χ4v) is 4.93. The Hall–Kier alpha value is -1.63. The second-order valence-corrected chi connectivity index (χ2v) is 9.12. The third-order valence-electron chi connectivity index (χ3n) is 5.80. The standard InChI is InChI=1S/C20H32N4O2S/c1-14-15(2)27-19(21-14)23-18(25)13-24(17-11-7-4-8-12-17)20(26)22-16-9-5-3-6-10-16/h16-17H,3-13H2,1-2H3,(H,22,26)(H,21,23,25). The molecular formula is C20H32N4O2S. The van der Waals surface area contributed by atoms with Gasteiger partial charge in [-0.25, -0.2) is 9.78 Å². The lowest BCUT2D eigenvalue weighted by atomic mass is 9.94. The lowest BCUT2D eigenvalue weighted by Crippen LogP contribution is -2.52. The van der Waals surface area contributed by atoms with Gasteiger partial charge in [-0.05, 0) is 39.5 Å². The van der Waals surface area contributed by atoms with Crippen molar-refractivity contribution in [2.75, 3.05) is 11.9 Å². The molecule has 0 radical (unpaired) electrons. The van der Waals surface area contributed by atoms with Gasteiger partial charge in [0.15, 0.2) is 5.13 Å². The number of carbonyl (C=O) groups is 2. The number of aryl methyl sites for hydroxylation is 2. The molecule has 2 N–H and O–H groups in total. The molecule has 0 spiro atoms. The van der Waals surface area contributed by atoms with E-state index in [0.717, 1.165) is 49.1 Å². The molecular weight excluding hydrogens is 360 g/mol. The number of rotatable bonds is 5. The van der Waals surface area contributed by atoms with Gasteiger partial charge < -0.3 is 15.5 Å². The van der Waals surface area contributed by atoms with Gasteiger partial charge in [0.25, 0.3) is 0 Å². The predicted octanol–water partition coefficient (Wildman–Crippen LogP) is 4.38. The first-order chi connectivity index (χ1) is 13.0. The first kappa shape index (κ1) is 20.1. The molecule has 27 heavy (non-hydrogen) atoms. The van der Waals surface area contributed by atoms with Crippen LogP contribution >= 0.6 is 11.3 Å². The average Bonchev–Trinajstić information content (AvgIpc) is 2.98. The fraction of sp³-hybridized carbons (Fsp3) is 0.750. The Bertz CT molecular complexity index is 629. The summed E-state index contributed by atoms with van der Waals surface area (Å²) in [6.07, 6.45) is 11.2. The highest BCUT2D eigenvalue weighted by Crippen LogP contribution is 2.25. The van der Waals surface area contributed by atoms with Crippen LogP contribution in [-0.2, 0) is 4.79 Å². The molecule has 3 rings (SSSR count). The topological polar surface area (TPSA) is 74.3 Å². The molecule has 3 amide bonds. The summed E-state index contributed by atoms with van der Waals surface area (Å²) >= 11 is 1.48. The molecule has 2 aliphatic rings. The molecule has 2 aliphatic carbocycles. The number of urea groups is 1. The summed E-state index contributed by atoms with van der Waals surface area (Å²) in [5.41, 5.74) is 0.939. The zero-order chi connectivity index (χ0) is 19.2. The number of carbonyl (C=O) groups excluding carboxylic acids is 2. The lowest BCUT2D eigenvalue weighted by Gasteiger charge is -2.35. The highest BCUT2D eigenvalue weighted by atomic mass is 32.1. The van der Waals surface area contributed by atoms with Gasteiger partial charge in [-0.15, -0.1) is 11.3 Å². The summed E-state index contributed by atoms with van der Waals surface area (Å²) in [4.78, 5) is 32.8. The molecule has 7 heteroatoms. The van der Waals surface area contributed by atoms with Gasteiger partial charge >= 0.3 is 6.03 Å². The van der Waals surface area contributed by atoms with E-state index in [-0.39, 0.29) is 30.6 Å². The van der Waals surface area contributed by atoms with Gasteiger partial charge in [-0.3, -0.25) is 4.79 Å². The van der Waals surface area contributed by atoms with Gasteiger partial charge in [0.1, 0.15) is 6.54 Å². The summed E-state index contributed by atoms with van der Waals surface area (Å²) in [7, 11) is 0. The van der Waals surface area contributed by atoms with Crippen molar-refractivity contribution in [3.63, 3.8) is 0 Å². The van der Waals surface area contributed by atoms with Crippen LogP contribution in [0.3, 0.4) is 0 Å². The van der Waals surface area contributed by atoms with Crippen molar-refractivity contribution < 1.29 is 9.59 Å². The van der Waals surface area contributed by atoms with Crippen LogP contribution < -0.4 is 10.6 Å². The Morgan fingerprint density at radius 3 is 2.26 bits per heavy atom. The van der Waals surface area contributed by atoms with Crippen LogP contribution in [0.5, 0.6) is 0 Å². The molecule has 0 saturated heterocycles. The number of thiazole rings is 1. The Kier molecular flexibility index (Phi) is 7.10. The molecule has 0 unspecified atom stereocenters. The van der Waals surface area contributed by atoms with Crippen LogP contribution in [0.15, 0.2) is 0 Å². The second-order valence-electron chi connectivity index (χ2n) is 7.91. The first-order valence-electron chi connectivity index (χ1n) is 10.3. The van der Waals surface area contributed by atoms with E-state index in [1.54, 1.807) is 4.90 Å². The Balaban J connectivity index is 1.63. The van der Waals surface area contributed by atoms with Crippen molar-refractivity contribution in [3.05, 3.63) is 10.6 Å². The minimum Gasteiger partial charge on any atom is -0.335 e. The molecule has 1 heterocycles. The SMILES string of the molecule is Cc1nc(NC(=O)CN(C(=O)NC2CCCCC2)C2CCCCC2)sc1C. The minimum atomic E-state index is -0.159. The Morgan fingerprint density at radius 1 is 1.04 bits per heavy atom. The van der Waals surface area contributed by atoms with Crippen molar-refractivity contribution in [1.29, 1.82) is 0 Å². The quantitative estimate of drug-likeness (QED) is 0.781. The molecule has 1 aromatic heterocycles. The maximum absolute atomic E-state index is 13.0. The summed E-state index contributed by atoms with van der Waals surface area (Å²) in [6, 6.07) is 0.341. The Morgan fingerprint density at radius 2 is 1.67 bits per heavy atom. The van der Waals surface area contributed by atoms with Gasteiger partial charge in [0, 0.05) is 17.0 Å². The minimum absolute atomic E-state index is 0.0737. The number of nitrogens with one attached hydrogen (secondary N) is 2. The van der Waals surface area contributed by atoms with Crippen molar-refractivity contribution in [1.82, 2.24) is 15.2 Å². The summed E-state index contributed by atoms with van der Waals surface area (Å²) < 4.78 is 0. The third kappa shape index (κ3) is 5.67. The first-order valence-corrected chi connectivity index (χ1v) is 11.2. The maximum atomic E-state index is 13.0. The summed E-state index contributed by atoms with van der Waals surface area (Å²) in [5, 5.41) is 6.69. The average molecular weight is 393 g/mol. The zero-order valence-corrected chi connectivity index (χ0v) is 17.4. The second kappa shape index (κ2) is 9.53. The molecule has 2 saturated carbocycles. The van der Waals surface area contributed by atoms with E-state index < -0.39 is 0 Å². The Labute approximate surface area is 166 Å². The molecule has 0 bridgehead atoms. The number of hydrogen-bond acceptors (Lipinski definition) is 4. The fourth-order valence-electron chi connectivity index (χ4n) is 4.10. The van der Waals surface area contributed by atoms with Crippen molar-refractivity contribution in [3.8, 4) is 0 Å².